The van der Waals surface area contributed by atoms with Gasteiger partial charge in [-0.3, -0.25) is 9.48 Å². The highest BCUT2D eigenvalue weighted by atomic mass is 35.5. The van der Waals surface area contributed by atoms with Crippen LogP contribution < -0.4 is 11.1 Å². The quantitative estimate of drug-likeness (QED) is 0.724. The van der Waals surface area contributed by atoms with E-state index in [0.29, 0.717) is 31.1 Å². The van der Waals surface area contributed by atoms with E-state index in [0.717, 1.165) is 12.1 Å². The van der Waals surface area contributed by atoms with Crippen LogP contribution in [0.1, 0.15) is 18.5 Å². The summed E-state index contributed by atoms with van der Waals surface area (Å²) in [5, 5.41) is 7.48. The maximum Gasteiger partial charge on any atom is 0.221 e. The molecule has 0 atom stereocenters. The first-order valence-electron chi connectivity index (χ1n) is 5.30. The van der Waals surface area contributed by atoms with Gasteiger partial charge in [0, 0.05) is 13.0 Å². The molecule has 16 heavy (non-hydrogen) atoms. The summed E-state index contributed by atoms with van der Waals surface area (Å²) >= 11 is 5.85. The van der Waals surface area contributed by atoms with Gasteiger partial charge in [0.05, 0.1) is 23.5 Å². The van der Waals surface area contributed by atoms with Gasteiger partial charge >= 0.3 is 0 Å². The molecular weight excluding hydrogens is 228 g/mol. The summed E-state index contributed by atoms with van der Waals surface area (Å²) in [7, 11) is 0. The number of aromatic nitrogens is 2. The number of nitrogens with zero attached hydrogens (tertiary/aromatic N) is 2. The van der Waals surface area contributed by atoms with E-state index >= 15 is 0 Å². The minimum absolute atomic E-state index is 0.0134. The van der Waals surface area contributed by atoms with Gasteiger partial charge < -0.3 is 11.1 Å². The Hall–Kier alpha value is -1.07. The minimum atomic E-state index is 0.0134. The molecule has 1 heterocycles. The van der Waals surface area contributed by atoms with Gasteiger partial charge in [0.15, 0.2) is 0 Å². The van der Waals surface area contributed by atoms with Crippen molar-refractivity contribution < 1.29 is 4.79 Å². The van der Waals surface area contributed by atoms with Crippen LogP contribution in [0, 0.1) is 6.92 Å². The molecule has 0 aromatic carbocycles. The van der Waals surface area contributed by atoms with E-state index in [-0.39, 0.29) is 5.91 Å². The predicted octanol–water partition coefficient (Wildman–Crippen LogP) is 0.700. The third-order valence-corrected chi connectivity index (χ3v) is 2.67. The van der Waals surface area contributed by atoms with Crippen molar-refractivity contribution in [2.24, 2.45) is 5.73 Å². The van der Waals surface area contributed by atoms with Crippen molar-refractivity contribution in [3.63, 3.8) is 0 Å². The number of nitrogens with two attached hydrogens (primary N) is 1. The van der Waals surface area contributed by atoms with E-state index in [1.165, 1.54) is 0 Å². The fraction of sp³-hybridized carbons (Fsp3) is 0.600. The van der Waals surface area contributed by atoms with Gasteiger partial charge in [0.1, 0.15) is 0 Å². The molecule has 90 valence electrons. The molecule has 1 aromatic rings. The molecule has 1 amide bonds. The highest BCUT2D eigenvalue weighted by Crippen LogP contribution is 2.13. The molecule has 0 saturated heterocycles. The van der Waals surface area contributed by atoms with Crippen LogP contribution in [0.15, 0.2) is 6.20 Å². The van der Waals surface area contributed by atoms with E-state index in [9.17, 15) is 4.79 Å². The van der Waals surface area contributed by atoms with Crippen LogP contribution in [0.3, 0.4) is 0 Å². The lowest BCUT2D eigenvalue weighted by Gasteiger charge is -2.05. The zero-order valence-electron chi connectivity index (χ0n) is 9.37. The van der Waals surface area contributed by atoms with Gasteiger partial charge in [-0.2, -0.15) is 5.10 Å². The van der Waals surface area contributed by atoms with Gasteiger partial charge in [-0.05, 0) is 19.9 Å². The van der Waals surface area contributed by atoms with Crippen LogP contribution >= 0.6 is 11.6 Å². The van der Waals surface area contributed by atoms with Crippen molar-refractivity contribution in [3.8, 4) is 0 Å². The van der Waals surface area contributed by atoms with E-state index in [1.807, 2.05) is 6.92 Å². The Morgan fingerprint density at radius 2 is 2.44 bits per heavy atom. The number of carbonyl (C=O) groups is 1. The lowest BCUT2D eigenvalue weighted by molar-refractivity contribution is -0.121. The number of hydrogen-bond donors (Lipinski definition) is 2. The maximum absolute atomic E-state index is 11.4. The first-order chi connectivity index (χ1) is 7.65. The zero-order valence-corrected chi connectivity index (χ0v) is 10.1. The van der Waals surface area contributed by atoms with Crippen LogP contribution in [0.4, 0.5) is 0 Å². The average molecular weight is 245 g/mol. The Bertz CT molecular complexity index is 351. The second kappa shape index (κ2) is 6.50. The van der Waals surface area contributed by atoms with E-state index in [4.69, 9.17) is 17.3 Å². The normalized spacial score (nSPS) is 10.4. The second-order valence-electron chi connectivity index (χ2n) is 3.54. The Morgan fingerprint density at radius 1 is 1.69 bits per heavy atom. The fourth-order valence-corrected chi connectivity index (χ4v) is 1.42. The number of carbonyl (C=O) groups excluding carboxylic acids is 1. The Labute approximate surface area is 99.9 Å². The molecule has 1 rings (SSSR count). The van der Waals surface area contributed by atoms with Crippen molar-refractivity contribution in [3.05, 3.63) is 16.9 Å². The highest BCUT2D eigenvalue weighted by Gasteiger charge is 2.06. The topological polar surface area (TPSA) is 72.9 Å². The lowest BCUT2D eigenvalue weighted by atomic mass is 10.3. The van der Waals surface area contributed by atoms with E-state index < -0.39 is 0 Å². The molecule has 0 radical (unpaired) electrons. The second-order valence-corrected chi connectivity index (χ2v) is 3.95. The summed E-state index contributed by atoms with van der Waals surface area (Å²) in [5.41, 5.74) is 6.21. The average Bonchev–Trinajstić information content (AvgIpc) is 2.58. The molecule has 0 aliphatic carbocycles. The summed E-state index contributed by atoms with van der Waals surface area (Å²) < 4.78 is 1.73. The van der Waals surface area contributed by atoms with Gasteiger partial charge in [-0.25, -0.2) is 0 Å². The molecule has 6 heteroatoms. The third kappa shape index (κ3) is 3.83. The molecule has 0 fully saturated rings. The van der Waals surface area contributed by atoms with Crippen LogP contribution in [0.5, 0.6) is 0 Å². The SMILES string of the molecule is Cc1c(Cl)cnn1CCC(=O)NCCCN. The van der Waals surface area contributed by atoms with Gasteiger partial charge in [0.25, 0.3) is 0 Å². The van der Waals surface area contributed by atoms with Crippen LogP contribution in [0.25, 0.3) is 0 Å². The molecule has 0 spiro atoms. The number of nitrogens with one attached hydrogen (secondary N) is 1. The van der Waals surface area contributed by atoms with Crippen LogP contribution in [-0.2, 0) is 11.3 Å². The summed E-state index contributed by atoms with van der Waals surface area (Å²) in [6.07, 6.45) is 2.80. The van der Waals surface area contributed by atoms with Gasteiger partial charge in [0.2, 0.25) is 5.91 Å². The molecule has 0 aliphatic heterocycles. The predicted molar refractivity (Wildman–Crippen MR) is 63.3 cm³/mol. The number of aryl methyl sites for hydroxylation is 1. The van der Waals surface area contributed by atoms with Crippen molar-refractivity contribution in [1.29, 1.82) is 0 Å². The first-order valence-corrected chi connectivity index (χ1v) is 5.67. The van der Waals surface area contributed by atoms with Gasteiger partial charge in [-0.1, -0.05) is 11.6 Å². The van der Waals surface area contributed by atoms with Crippen LogP contribution in [0.2, 0.25) is 5.02 Å². The smallest absolute Gasteiger partial charge is 0.221 e. The van der Waals surface area contributed by atoms with Crippen molar-refractivity contribution >= 4 is 17.5 Å². The monoisotopic (exact) mass is 244 g/mol. The zero-order chi connectivity index (χ0) is 12.0. The van der Waals surface area contributed by atoms with E-state index in [2.05, 4.69) is 10.4 Å². The third-order valence-electron chi connectivity index (χ3n) is 2.30. The molecule has 0 bridgehead atoms. The Morgan fingerprint density at radius 3 is 3.00 bits per heavy atom. The number of amides is 1. The summed E-state index contributed by atoms with van der Waals surface area (Å²) in [5.74, 6) is 0.0134. The number of rotatable bonds is 6. The van der Waals surface area contributed by atoms with Crippen molar-refractivity contribution in [1.82, 2.24) is 15.1 Å². The summed E-state index contributed by atoms with van der Waals surface area (Å²) in [6.45, 7) is 3.65. The van der Waals surface area contributed by atoms with Crippen LogP contribution in [-0.4, -0.2) is 28.8 Å². The fourth-order valence-electron chi connectivity index (χ4n) is 1.27. The molecule has 1 aromatic heterocycles. The molecule has 0 unspecified atom stereocenters. The van der Waals surface area contributed by atoms with E-state index in [1.54, 1.807) is 10.9 Å². The molecule has 5 nitrogen and oxygen atoms in total. The lowest BCUT2D eigenvalue weighted by Crippen LogP contribution is -2.27. The van der Waals surface area contributed by atoms with Crippen molar-refractivity contribution in [2.45, 2.75) is 26.3 Å². The summed E-state index contributed by atoms with van der Waals surface area (Å²) in [6, 6.07) is 0. The highest BCUT2D eigenvalue weighted by molar-refractivity contribution is 6.31. The molecule has 3 N–H and O–H groups in total. The molecule has 0 saturated carbocycles. The standard InChI is InChI=1S/C10H17ClN4O/c1-8-9(11)7-14-15(8)6-3-10(16)13-5-2-4-12/h7H,2-6,12H2,1H3,(H,13,16). The molecular formula is C10H17ClN4O. The number of halogens is 1. The molecule has 0 aliphatic rings. The minimum Gasteiger partial charge on any atom is -0.356 e. The summed E-state index contributed by atoms with van der Waals surface area (Å²) in [4.78, 5) is 11.4. The first kappa shape index (κ1) is 13.0. The maximum atomic E-state index is 11.4. The Kier molecular flexibility index (Phi) is 5.28. The Balaban J connectivity index is 2.29. The van der Waals surface area contributed by atoms with Gasteiger partial charge in [-0.15, -0.1) is 0 Å². The largest absolute Gasteiger partial charge is 0.356 e. The van der Waals surface area contributed by atoms with Crippen molar-refractivity contribution in [2.75, 3.05) is 13.1 Å². The number of hydrogen-bond acceptors (Lipinski definition) is 3.